The van der Waals surface area contributed by atoms with Gasteiger partial charge in [-0.3, -0.25) is 4.57 Å². The average molecular weight is 209 g/mol. The lowest BCUT2D eigenvalue weighted by Crippen LogP contribution is -2.11. The number of nitrogens with one attached hydrogen (secondary N) is 1. The number of carbonyl (C=O) groups excluding carboxylic acids is 1. The molecule has 0 radical (unpaired) electrons. The molecule has 0 aliphatic rings. The number of imidazole rings is 1. The number of fused-ring (bicyclic) bond motifs is 1. The van der Waals surface area contributed by atoms with Gasteiger partial charge in [0.25, 0.3) is 0 Å². The number of aromatic nitrogens is 2. The minimum atomic E-state index is -2.57. The average Bonchev–Trinajstić information content (AvgIpc) is 2.62. The van der Waals surface area contributed by atoms with Crippen LogP contribution in [0.4, 0.5) is 0 Å². The maximum absolute atomic E-state index is 11.6. The van der Waals surface area contributed by atoms with Crippen molar-refractivity contribution in [3.05, 3.63) is 34.2 Å². The van der Waals surface area contributed by atoms with Gasteiger partial charge in [-0.2, -0.15) is 0 Å². The summed E-state index contributed by atoms with van der Waals surface area (Å²) in [4.78, 5) is 25.3. The third-order valence-electron chi connectivity index (χ3n) is 2.10. The zero-order valence-electron chi connectivity index (χ0n) is 10.9. The molecule has 0 spiro atoms. The highest BCUT2D eigenvalue weighted by atomic mass is 16.5. The van der Waals surface area contributed by atoms with Gasteiger partial charge in [-0.05, 0) is 18.2 Å². The predicted molar refractivity (Wildman–Crippen MR) is 54.9 cm³/mol. The van der Waals surface area contributed by atoms with Crippen LogP contribution >= 0.6 is 0 Å². The van der Waals surface area contributed by atoms with Gasteiger partial charge < -0.3 is 9.72 Å². The lowest BCUT2D eigenvalue weighted by molar-refractivity contribution is 0.0601. The van der Waals surface area contributed by atoms with Crippen molar-refractivity contribution in [3.8, 4) is 0 Å². The van der Waals surface area contributed by atoms with Gasteiger partial charge in [0.15, 0.2) is 0 Å². The molecule has 78 valence electrons. The molecular weight excluding hydrogens is 196 g/mol. The Kier molecular flexibility index (Phi) is 1.41. The standard InChI is InChI=1S/C10H10N2O3/c1-12-8-4-3-6(9(13)15-2)5-7(8)11-10(12)14/h3-5H,1-2H3,(H,11,14)/i1D3. The Bertz CT molecular complexity index is 669. The quantitative estimate of drug-likeness (QED) is 0.701. The number of methoxy groups -OCH3 is 1. The number of esters is 1. The summed E-state index contributed by atoms with van der Waals surface area (Å²) in [6.07, 6.45) is 0. The molecular formula is C10H10N2O3. The van der Waals surface area contributed by atoms with E-state index >= 15 is 0 Å². The van der Waals surface area contributed by atoms with E-state index in [0.29, 0.717) is 4.57 Å². The smallest absolute Gasteiger partial charge is 0.337 e. The van der Waals surface area contributed by atoms with Gasteiger partial charge in [0, 0.05) is 11.1 Å². The number of rotatable bonds is 1. The number of ether oxygens (including phenoxy) is 1. The third-order valence-corrected chi connectivity index (χ3v) is 2.10. The summed E-state index contributed by atoms with van der Waals surface area (Å²) in [7, 11) is 1.24. The van der Waals surface area contributed by atoms with Crippen LogP contribution in [0.15, 0.2) is 23.0 Å². The first kappa shape index (κ1) is 6.44. The Labute approximate surface area is 89.5 Å². The Morgan fingerprint density at radius 1 is 1.60 bits per heavy atom. The van der Waals surface area contributed by atoms with E-state index < -0.39 is 18.6 Å². The molecule has 15 heavy (non-hydrogen) atoms. The zero-order chi connectivity index (χ0) is 13.5. The van der Waals surface area contributed by atoms with Crippen LogP contribution in [0.2, 0.25) is 0 Å². The first-order chi connectivity index (χ1) is 8.34. The highest BCUT2D eigenvalue weighted by Crippen LogP contribution is 2.12. The largest absolute Gasteiger partial charge is 0.465 e. The van der Waals surface area contributed by atoms with Gasteiger partial charge in [-0.1, -0.05) is 0 Å². The van der Waals surface area contributed by atoms with Crippen molar-refractivity contribution in [2.24, 2.45) is 6.98 Å². The summed E-state index contributed by atoms with van der Waals surface area (Å²) in [5.74, 6) is -0.556. The molecule has 2 rings (SSSR count). The Morgan fingerprint density at radius 3 is 3.07 bits per heavy atom. The van der Waals surface area contributed by atoms with Crippen molar-refractivity contribution in [1.29, 1.82) is 0 Å². The van der Waals surface area contributed by atoms with Crippen molar-refractivity contribution in [2.75, 3.05) is 7.11 Å². The summed E-state index contributed by atoms with van der Waals surface area (Å²) in [6.45, 7) is -2.57. The molecule has 5 nitrogen and oxygen atoms in total. The summed E-state index contributed by atoms with van der Waals surface area (Å²) in [5.41, 5.74) is -0.0114. The van der Waals surface area contributed by atoms with E-state index in [4.69, 9.17) is 4.11 Å². The van der Waals surface area contributed by atoms with Crippen LogP contribution in [0.3, 0.4) is 0 Å². The van der Waals surface area contributed by atoms with Crippen LogP contribution in [0.5, 0.6) is 0 Å². The Morgan fingerprint density at radius 2 is 2.40 bits per heavy atom. The topological polar surface area (TPSA) is 64.1 Å². The maximum atomic E-state index is 11.6. The Balaban J connectivity index is 2.70. The molecule has 0 fully saturated rings. The summed E-state index contributed by atoms with van der Waals surface area (Å²) < 4.78 is 27.0. The van der Waals surface area contributed by atoms with Gasteiger partial charge in [-0.25, -0.2) is 9.59 Å². The number of hydrogen-bond donors (Lipinski definition) is 1. The van der Waals surface area contributed by atoms with Gasteiger partial charge >= 0.3 is 11.7 Å². The molecule has 1 heterocycles. The second-order valence-electron chi connectivity index (χ2n) is 2.99. The van der Waals surface area contributed by atoms with Crippen LogP contribution in [-0.2, 0) is 11.7 Å². The number of hydrogen-bond acceptors (Lipinski definition) is 3. The monoisotopic (exact) mass is 209 g/mol. The van der Waals surface area contributed by atoms with Crippen molar-refractivity contribution in [1.82, 2.24) is 9.55 Å². The molecule has 0 saturated heterocycles. The van der Waals surface area contributed by atoms with Crippen molar-refractivity contribution in [2.45, 2.75) is 0 Å². The third kappa shape index (κ3) is 1.41. The molecule has 0 bridgehead atoms. The molecule has 0 amide bonds. The second kappa shape index (κ2) is 3.27. The Hall–Kier alpha value is -2.04. The van der Waals surface area contributed by atoms with E-state index in [1.807, 2.05) is 0 Å². The molecule has 2 aromatic rings. The fraction of sp³-hybridized carbons (Fsp3) is 0.200. The molecule has 0 atom stereocenters. The van der Waals surface area contributed by atoms with Gasteiger partial charge in [-0.15, -0.1) is 0 Å². The number of aryl methyl sites for hydroxylation is 1. The predicted octanol–water partition coefficient (Wildman–Crippen LogP) is 0.653. The minimum absolute atomic E-state index is 0.215. The molecule has 1 aromatic carbocycles. The molecule has 1 aromatic heterocycles. The van der Waals surface area contributed by atoms with E-state index in [1.165, 1.54) is 25.3 Å². The highest BCUT2D eigenvalue weighted by molar-refractivity contribution is 5.93. The number of carbonyl (C=O) groups is 1. The zero-order valence-corrected chi connectivity index (χ0v) is 7.90. The van der Waals surface area contributed by atoms with Gasteiger partial charge in [0.1, 0.15) is 0 Å². The lowest BCUT2D eigenvalue weighted by Gasteiger charge is -1.99. The van der Waals surface area contributed by atoms with E-state index in [9.17, 15) is 9.59 Å². The van der Waals surface area contributed by atoms with Gasteiger partial charge in [0.05, 0.1) is 23.7 Å². The van der Waals surface area contributed by atoms with Crippen LogP contribution in [0.25, 0.3) is 11.0 Å². The summed E-state index contributed by atoms with van der Waals surface area (Å²) in [5, 5.41) is 0. The van der Waals surface area contributed by atoms with E-state index in [2.05, 4.69) is 9.72 Å². The van der Waals surface area contributed by atoms with Gasteiger partial charge in [0.2, 0.25) is 0 Å². The fourth-order valence-electron chi connectivity index (χ4n) is 1.36. The SMILES string of the molecule is [2H]C([2H])([2H])n1c(=O)[nH]c2cc(C(=O)OC)ccc21. The number of aromatic amines is 1. The molecule has 0 saturated carbocycles. The number of H-pyrrole nitrogens is 1. The van der Waals surface area contributed by atoms with E-state index in [0.717, 1.165) is 0 Å². The van der Waals surface area contributed by atoms with E-state index in [-0.39, 0.29) is 16.6 Å². The summed E-state index contributed by atoms with van der Waals surface area (Å²) in [6, 6.07) is 4.18. The van der Waals surface area contributed by atoms with Crippen molar-refractivity contribution < 1.29 is 13.6 Å². The minimum Gasteiger partial charge on any atom is -0.465 e. The second-order valence-corrected chi connectivity index (χ2v) is 2.99. The van der Waals surface area contributed by atoms with E-state index in [1.54, 1.807) is 0 Å². The molecule has 0 aliphatic heterocycles. The number of benzene rings is 1. The summed E-state index contributed by atoms with van der Waals surface area (Å²) >= 11 is 0. The number of nitrogens with zero attached hydrogens (tertiary/aromatic N) is 1. The first-order valence-corrected chi connectivity index (χ1v) is 4.18. The molecule has 5 heteroatoms. The van der Waals surface area contributed by atoms with Crippen LogP contribution in [-0.4, -0.2) is 22.6 Å². The van der Waals surface area contributed by atoms with Crippen LogP contribution in [0, 0.1) is 0 Å². The first-order valence-electron chi connectivity index (χ1n) is 5.68. The lowest BCUT2D eigenvalue weighted by atomic mass is 10.2. The normalized spacial score (nSPS) is 14.3. The molecule has 0 aliphatic carbocycles. The van der Waals surface area contributed by atoms with Crippen LogP contribution in [0.1, 0.15) is 14.5 Å². The maximum Gasteiger partial charge on any atom is 0.337 e. The fourth-order valence-corrected chi connectivity index (χ4v) is 1.36. The van der Waals surface area contributed by atoms with Crippen LogP contribution < -0.4 is 5.69 Å². The van der Waals surface area contributed by atoms with Crippen molar-refractivity contribution in [3.63, 3.8) is 0 Å². The molecule has 1 N–H and O–H groups in total. The van der Waals surface area contributed by atoms with Crippen molar-refractivity contribution >= 4 is 17.0 Å². The molecule has 0 unspecified atom stereocenters. The highest BCUT2D eigenvalue weighted by Gasteiger charge is 2.08.